The van der Waals surface area contributed by atoms with Crippen LogP contribution in [-0.2, 0) is 5.41 Å². The monoisotopic (exact) mass is 324 g/mol. The first kappa shape index (κ1) is 16.1. The summed E-state index contributed by atoms with van der Waals surface area (Å²) in [4.78, 5) is 11.9. The Morgan fingerprint density at radius 3 is 2.73 bits per heavy atom. The van der Waals surface area contributed by atoms with Crippen molar-refractivity contribution in [2.45, 2.75) is 26.2 Å². The number of nitrogens with zero attached hydrogens (tertiary/aromatic N) is 2. The lowest BCUT2D eigenvalue weighted by atomic mass is 9.97. The molecule has 0 bridgehead atoms. The maximum atomic E-state index is 14.1. The van der Waals surface area contributed by atoms with Crippen molar-refractivity contribution in [2.75, 3.05) is 6.61 Å². The molecular formula is C15H14ClFN2O3. The highest BCUT2D eigenvalue weighted by atomic mass is 35.5. The van der Waals surface area contributed by atoms with E-state index < -0.39 is 17.0 Å². The van der Waals surface area contributed by atoms with Gasteiger partial charge in [0.25, 0.3) is 0 Å². The molecular weight excluding hydrogens is 311 g/mol. The highest BCUT2D eigenvalue weighted by molar-refractivity contribution is 6.32. The molecule has 0 unspecified atom stereocenters. The van der Waals surface area contributed by atoms with E-state index in [2.05, 4.69) is 11.0 Å². The largest absolute Gasteiger partial charge is 0.479 e. The second-order valence-electron chi connectivity index (χ2n) is 5.56. The van der Waals surface area contributed by atoms with Gasteiger partial charge in [-0.1, -0.05) is 38.3 Å². The van der Waals surface area contributed by atoms with Gasteiger partial charge in [0.15, 0.2) is 5.82 Å². The van der Waals surface area contributed by atoms with Gasteiger partial charge in [0.1, 0.15) is 18.0 Å². The van der Waals surface area contributed by atoms with Gasteiger partial charge in [-0.25, -0.2) is 9.18 Å². The number of benzene rings is 1. The first-order valence-electron chi connectivity index (χ1n) is 6.40. The lowest BCUT2D eigenvalue weighted by Gasteiger charge is -2.11. The Labute approximate surface area is 131 Å². The minimum absolute atomic E-state index is 0.0360. The zero-order valence-electron chi connectivity index (χ0n) is 12.3. The third-order valence-corrected chi connectivity index (χ3v) is 3.03. The topological polar surface area (TPSA) is 57.3 Å². The van der Waals surface area contributed by atoms with Crippen LogP contribution in [-0.4, -0.2) is 16.4 Å². The first-order valence-corrected chi connectivity index (χ1v) is 6.78. The third kappa shape index (κ3) is 3.15. The Hall–Kier alpha value is -2.26. The molecule has 22 heavy (non-hydrogen) atoms. The minimum Gasteiger partial charge on any atom is -0.479 e. The van der Waals surface area contributed by atoms with Crippen LogP contribution in [0.25, 0.3) is 5.69 Å². The molecule has 7 heteroatoms. The molecule has 0 saturated carbocycles. The van der Waals surface area contributed by atoms with E-state index in [1.807, 2.05) is 20.8 Å². The molecule has 1 aromatic carbocycles. The normalized spacial score (nSPS) is 11.3. The molecule has 0 atom stereocenters. The summed E-state index contributed by atoms with van der Waals surface area (Å²) in [5, 5.41) is 4.07. The summed E-state index contributed by atoms with van der Waals surface area (Å²) in [6.45, 7) is 5.43. The summed E-state index contributed by atoms with van der Waals surface area (Å²) >= 11 is 5.88. The lowest BCUT2D eigenvalue weighted by molar-refractivity contribution is 0.369. The Balaban J connectivity index is 2.56. The first-order chi connectivity index (χ1) is 10.2. The summed E-state index contributed by atoms with van der Waals surface area (Å²) in [6, 6.07) is 2.28. The second kappa shape index (κ2) is 5.85. The van der Waals surface area contributed by atoms with E-state index in [9.17, 15) is 9.18 Å². The Kier molecular flexibility index (Phi) is 4.29. The van der Waals surface area contributed by atoms with Crippen molar-refractivity contribution in [1.29, 1.82) is 0 Å². The number of hydrogen-bond donors (Lipinski definition) is 0. The molecule has 0 amide bonds. The minimum atomic E-state index is -0.797. The van der Waals surface area contributed by atoms with Gasteiger partial charge in [0, 0.05) is 11.5 Å². The number of terminal acetylenes is 1. The van der Waals surface area contributed by atoms with Crippen molar-refractivity contribution in [3.8, 4) is 23.8 Å². The SMILES string of the molecule is C#CCOc1cc(-n2nc(C(C)(C)C)oc2=O)c(F)cc1Cl. The van der Waals surface area contributed by atoms with Crippen LogP contribution in [0.4, 0.5) is 4.39 Å². The van der Waals surface area contributed by atoms with Crippen LogP contribution in [0.15, 0.2) is 21.3 Å². The van der Waals surface area contributed by atoms with Crippen molar-refractivity contribution >= 4 is 11.6 Å². The molecule has 0 fully saturated rings. The second-order valence-corrected chi connectivity index (χ2v) is 5.97. The molecule has 0 spiro atoms. The molecule has 1 aromatic heterocycles. The van der Waals surface area contributed by atoms with E-state index >= 15 is 0 Å². The third-order valence-electron chi connectivity index (χ3n) is 2.73. The average molecular weight is 325 g/mol. The van der Waals surface area contributed by atoms with Crippen molar-refractivity contribution in [1.82, 2.24) is 9.78 Å². The van der Waals surface area contributed by atoms with Crippen molar-refractivity contribution in [3.05, 3.63) is 39.4 Å². The van der Waals surface area contributed by atoms with Gasteiger partial charge < -0.3 is 9.15 Å². The maximum absolute atomic E-state index is 14.1. The van der Waals surface area contributed by atoms with Gasteiger partial charge in [0.05, 0.1) is 5.02 Å². The van der Waals surface area contributed by atoms with Crippen molar-refractivity contribution < 1.29 is 13.5 Å². The van der Waals surface area contributed by atoms with E-state index in [-0.39, 0.29) is 29.0 Å². The van der Waals surface area contributed by atoms with E-state index in [0.717, 1.165) is 10.7 Å². The van der Waals surface area contributed by atoms with E-state index in [1.54, 1.807) is 0 Å². The highest BCUT2D eigenvalue weighted by Gasteiger charge is 2.24. The van der Waals surface area contributed by atoms with Crippen LogP contribution in [0.3, 0.4) is 0 Å². The molecule has 0 N–H and O–H groups in total. The number of ether oxygens (including phenoxy) is 1. The zero-order valence-corrected chi connectivity index (χ0v) is 13.1. The Bertz CT molecular complexity index is 797. The Morgan fingerprint density at radius 1 is 1.50 bits per heavy atom. The van der Waals surface area contributed by atoms with Gasteiger partial charge in [-0.2, -0.15) is 4.68 Å². The predicted octanol–water partition coefficient (Wildman–Crippen LogP) is 2.93. The van der Waals surface area contributed by atoms with Crippen LogP contribution in [0.1, 0.15) is 26.7 Å². The maximum Gasteiger partial charge on any atom is 0.442 e. The van der Waals surface area contributed by atoms with Gasteiger partial charge in [-0.3, -0.25) is 0 Å². The molecule has 5 nitrogen and oxygen atoms in total. The molecule has 0 saturated heterocycles. The average Bonchev–Trinajstić information content (AvgIpc) is 2.80. The summed E-state index contributed by atoms with van der Waals surface area (Å²) in [5.74, 6) is 1.10. The molecule has 2 rings (SSSR count). The summed E-state index contributed by atoms with van der Waals surface area (Å²) in [7, 11) is 0. The number of aromatic nitrogens is 2. The lowest BCUT2D eigenvalue weighted by Crippen LogP contribution is -2.16. The van der Waals surface area contributed by atoms with Crippen LogP contribution < -0.4 is 10.5 Å². The number of rotatable bonds is 3. The summed E-state index contributed by atoms with van der Waals surface area (Å²) in [5.41, 5.74) is -0.614. The van der Waals surface area contributed by atoms with Crippen LogP contribution in [0, 0.1) is 18.2 Å². The van der Waals surface area contributed by atoms with Crippen LogP contribution >= 0.6 is 11.6 Å². The molecule has 1 heterocycles. The van der Waals surface area contributed by atoms with E-state index in [4.69, 9.17) is 27.2 Å². The van der Waals surface area contributed by atoms with Gasteiger partial charge in [-0.15, -0.1) is 11.5 Å². The Morgan fingerprint density at radius 2 is 2.18 bits per heavy atom. The molecule has 0 aliphatic rings. The van der Waals surface area contributed by atoms with Crippen LogP contribution in [0.2, 0.25) is 5.02 Å². The number of halogens is 2. The number of hydrogen-bond acceptors (Lipinski definition) is 4. The van der Waals surface area contributed by atoms with Gasteiger partial charge in [0.2, 0.25) is 5.89 Å². The van der Waals surface area contributed by atoms with E-state index in [1.165, 1.54) is 6.07 Å². The van der Waals surface area contributed by atoms with Gasteiger partial charge >= 0.3 is 5.76 Å². The molecule has 2 aromatic rings. The molecule has 0 radical (unpaired) electrons. The van der Waals surface area contributed by atoms with Crippen molar-refractivity contribution in [2.24, 2.45) is 0 Å². The predicted molar refractivity (Wildman–Crippen MR) is 80.1 cm³/mol. The fourth-order valence-electron chi connectivity index (χ4n) is 1.64. The standard InChI is InChI=1S/C15H14ClFN2O3/c1-5-6-21-12-8-11(10(17)7-9(12)16)19-14(20)22-13(18-19)15(2,3)4/h1,7-8H,6H2,2-4H3. The van der Waals surface area contributed by atoms with E-state index in [0.29, 0.717) is 0 Å². The fourth-order valence-corrected chi connectivity index (χ4v) is 1.85. The smallest absolute Gasteiger partial charge is 0.442 e. The molecule has 0 aliphatic heterocycles. The highest BCUT2D eigenvalue weighted by Crippen LogP contribution is 2.29. The van der Waals surface area contributed by atoms with Crippen molar-refractivity contribution in [3.63, 3.8) is 0 Å². The quantitative estimate of drug-likeness (QED) is 0.815. The summed E-state index contributed by atoms with van der Waals surface area (Å²) in [6.07, 6.45) is 5.11. The molecule has 116 valence electrons. The van der Waals surface area contributed by atoms with Crippen LogP contribution in [0.5, 0.6) is 5.75 Å². The van der Waals surface area contributed by atoms with Gasteiger partial charge in [-0.05, 0) is 6.07 Å². The summed E-state index contributed by atoms with van der Waals surface area (Å²) < 4.78 is 25.2. The molecule has 0 aliphatic carbocycles. The fraction of sp³-hybridized carbons (Fsp3) is 0.333. The zero-order chi connectivity index (χ0) is 16.5.